The maximum atomic E-state index is 10.9. The van der Waals surface area contributed by atoms with Crippen LogP contribution in [0.4, 0.5) is 0 Å². The number of aryl methyl sites for hydroxylation is 1. The van der Waals surface area contributed by atoms with Gasteiger partial charge in [0, 0.05) is 11.6 Å². The van der Waals surface area contributed by atoms with Gasteiger partial charge in [-0.2, -0.15) is 0 Å². The second kappa shape index (κ2) is 13.3. The zero-order valence-corrected chi connectivity index (χ0v) is 16.6. The van der Waals surface area contributed by atoms with Crippen LogP contribution in [0, 0.1) is 6.92 Å². The molecule has 0 bridgehead atoms. The summed E-state index contributed by atoms with van der Waals surface area (Å²) in [7, 11) is 0. The standard InChI is InChI=1S/C22H34O4/c1-4-6-8-10-16-25-21-18(3)12-13-19(14-15-20(23)24)22(21)26-17-11-9-7-5-2/h12-15H,4-11,16-17H2,1-3H3,(H,23,24)/b15-14+. The van der Waals surface area contributed by atoms with Crippen LogP contribution in [0.5, 0.6) is 11.5 Å². The Morgan fingerprint density at radius 1 is 0.923 bits per heavy atom. The fourth-order valence-electron chi connectivity index (χ4n) is 2.70. The van der Waals surface area contributed by atoms with Crippen molar-refractivity contribution in [1.82, 2.24) is 0 Å². The largest absolute Gasteiger partial charge is 0.489 e. The van der Waals surface area contributed by atoms with Crippen LogP contribution in [0.25, 0.3) is 6.08 Å². The number of hydrogen-bond donors (Lipinski definition) is 1. The zero-order chi connectivity index (χ0) is 19.2. The monoisotopic (exact) mass is 362 g/mol. The summed E-state index contributed by atoms with van der Waals surface area (Å²) >= 11 is 0. The third-order valence-electron chi connectivity index (χ3n) is 4.23. The number of carbonyl (C=O) groups is 1. The minimum atomic E-state index is -0.971. The van der Waals surface area contributed by atoms with E-state index in [4.69, 9.17) is 14.6 Å². The van der Waals surface area contributed by atoms with E-state index in [1.165, 1.54) is 25.7 Å². The van der Waals surface area contributed by atoms with Crippen LogP contribution in [0.1, 0.15) is 76.3 Å². The number of aliphatic carboxylic acids is 1. The molecule has 146 valence electrons. The number of carboxylic acids is 1. The predicted octanol–water partition coefficient (Wildman–Crippen LogP) is 6.01. The average Bonchev–Trinajstić information content (AvgIpc) is 2.62. The van der Waals surface area contributed by atoms with Gasteiger partial charge in [-0.3, -0.25) is 0 Å². The second-order valence-electron chi connectivity index (χ2n) is 6.62. The molecule has 0 radical (unpaired) electrons. The highest BCUT2D eigenvalue weighted by Gasteiger charge is 2.13. The van der Waals surface area contributed by atoms with Crippen LogP contribution in [-0.4, -0.2) is 24.3 Å². The Morgan fingerprint density at radius 3 is 2.04 bits per heavy atom. The molecule has 0 saturated heterocycles. The maximum absolute atomic E-state index is 10.9. The van der Waals surface area contributed by atoms with Crippen LogP contribution < -0.4 is 9.47 Å². The third kappa shape index (κ3) is 8.41. The molecule has 4 heteroatoms. The van der Waals surface area contributed by atoms with Crippen LogP contribution in [0.2, 0.25) is 0 Å². The first-order valence-electron chi connectivity index (χ1n) is 9.90. The fourth-order valence-corrected chi connectivity index (χ4v) is 2.70. The van der Waals surface area contributed by atoms with E-state index in [0.717, 1.165) is 48.6 Å². The highest BCUT2D eigenvalue weighted by Crippen LogP contribution is 2.36. The third-order valence-corrected chi connectivity index (χ3v) is 4.23. The Kier molecular flexibility index (Phi) is 11.3. The lowest BCUT2D eigenvalue weighted by Crippen LogP contribution is -2.05. The number of rotatable bonds is 14. The molecule has 0 saturated carbocycles. The first-order valence-corrected chi connectivity index (χ1v) is 9.90. The van der Waals surface area contributed by atoms with E-state index in [1.54, 1.807) is 6.08 Å². The van der Waals surface area contributed by atoms with Crippen molar-refractivity contribution in [2.45, 2.75) is 72.1 Å². The molecule has 4 nitrogen and oxygen atoms in total. The van der Waals surface area contributed by atoms with Crippen molar-refractivity contribution in [1.29, 1.82) is 0 Å². The summed E-state index contributed by atoms with van der Waals surface area (Å²) in [5.74, 6) is 0.431. The number of hydrogen-bond acceptors (Lipinski definition) is 3. The quantitative estimate of drug-likeness (QED) is 0.325. The second-order valence-corrected chi connectivity index (χ2v) is 6.62. The number of benzene rings is 1. The Labute approximate surface area is 158 Å². The molecule has 1 rings (SSSR count). The van der Waals surface area contributed by atoms with Crippen molar-refractivity contribution in [2.75, 3.05) is 13.2 Å². The van der Waals surface area contributed by atoms with Gasteiger partial charge < -0.3 is 14.6 Å². The van der Waals surface area contributed by atoms with Crippen LogP contribution >= 0.6 is 0 Å². The Bertz CT molecular complexity index is 564. The molecule has 1 aromatic rings. The first kappa shape index (κ1) is 22.1. The summed E-state index contributed by atoms with van der Waals surface area (Å²) < 4.78 is 12.1. The summed E-state index contributed by atoms with van der Waals surface area (Å²) in [5.41, 5.74) is 1.76. The van der Waals surface area contributed by atoms with Gasteiger partial charge in [-0.25, -0.2) is 4.79 Å². The molecule has 0 unspecified atom stereocenters. The van der Waals surface area contributed by atoms with Crippen LogP contribution in [-0.2, 0) is 4.79 Å². The molecular weight excluding hydrogens is 328 g/mol. The average molecular weight is 363 g/mol. The lowest BCUT2D eigenvalue weighted by Gasteiger charge is -2.17. The Balaban J connectivity index is 2.88. The van der Waals surface area contributed by atoms with Crippen molar-refractivity contribution in [3.63, 3.8) is 0 Å². The van der Waals surface area contributed by atoms with Gasteiger partial charge in [0.25, 0.3) is 0 Å². The Morgan fingerprint density at radius 2 is 1.50 bits per heavy atom. The highest BCUT2D eigenvalue weighted by atomic mass is 16.5. The number of unbranched alkanes of at least 4 members (excludes halogenated alkanes) is 6. The number of carboxylic acid groups (broad SMARTS) is 1. The van der Waals surface area contributed by atoms with E-state index in [0.29, 0.717) is 19.0 Å². The lowest BCUT2D eigenvalue weighted by atomic mass is 10.1. The van der Waals surface area contributed by atoms with Crippen molar-refractivity contribution in [2.24, 2.45) is 0 Å². The van der Waals surface area contributed by atoms with Crippen molar-refractivity contribution < 1.29 is 19.4 Å². The van der Waals surface area contributed by atoms with Gasteiger partial charge in [0.15, 0.2) is 11.5 Å². The lowest BCUT2D eigenvalue weighted by molar-refractivity contribution is -0.131. The summed E-state index contributed by atoms with van der Waals surface area (Å²) in [4.78, 5) is 10.9. The van der Waals surface area contributed by atoms with Gasteiger partial charge in [-0.1, -0.05) is 64.5 Å². The number of ether oxygens (including phenoxy) is 2. The molecule has 0 aliphatic heterocycles. The fraction of sp³-hybridized carbons (Fsp3) is 0.591. The topological polar surface area (TPSA) is 55.8 Å². The predicted molar refractivity (Wildman–Crippen MR) is 107 cm³/mol. The van der Waals surface area contributed by atoms with Gasteiger partial charge in [0.2, 0.25) is 0 Å². The van der Waals surface area contributed by atoms with Crippen LogP contribution in [0.15, 0.2) is 18.2 Å². The molecule has 1 aromatic carbocycles. The van der Waals surface area contributed by atoms with Gasteiger partial charge in [-0.05, 0) is 31.4 Å². The molecule has 26 heavy (non-hydrogen) atoms. The van der Waals surface area contributed by atoms with Gasteiger partial charge in [0.1, 0.15) is 0 Å². The smallest absolute Gasteiger partial charge is 0.328 e. The molecule has 0 amide bonds. The SMILES string of the molecule is CCCCCCOc1c(C)ccc(/C=C/C(=O)O)c1OCCCCCC. The maximum Gasteiger partial charge on any atom is 0.328 e. The van der Waals surface area contributed by atoms with E-state index in [-0.39, 0.29) is 0 Å². The molecule has 0 atom stereocenters. The van der Waals surface area contributed by atoms with Crippen molar-refractivity contribution >= 4 is 12.0 Å². The molecule has 0 heterocycles. The van der Waals surface area contributed by atoms with Crippen molar-refractivity contribution in [3.8, 4) is 11.5 Å². The molecule has 1 N–H and O–H groups in total. The molecule has 0 aliphatic rings. The molecule has 0 aliphatic carbocycles. The highest BCUT2D eigenvalue weighted by molar-refractivity contribution is 5.86. The minimum absolute atomic E-state index is 0.615. The molecule has 0 fully saturated rings. The Hall–Kier alpha value is -1.97. The first-order chi connectivity index (χ1) is 12.6. The van der Waals surface area contributed by atoms with E-state index in [2.05, 4.69) is 13.8 Å². The molecular formula is C22H34O4. The summed E-state index contributed by atoms with van der Waals surface area (Å²) in [6, 6.07) is 3.84. The van der Waals surface area contributed by atoms with Crippen molar-refractivity contribution in [3.05, 3.63) is 29.3 Å². The zero-order valence-electron chi connectivity index (χ0n) is 16.6. The van der Waals surface area contributed by atoms with Gasteiger partial charge in [0.05, 0.1) is 13.2 Å². The summed E-state index contributed by atoms with van der Waals surface area (Å²) in [5, 5.41) is 8.93. The van der Waals surface area contributed by atoms with Crippen LogP contribution in [0.3, 0.4) is 0 Å². The van der Waals surface area contributed by atoms with E-state index in [9.17, 15) is 4.79 Å². The minimum Gasteiger partial charge on any atom is -0.489 e. The molecule has 0 aromatic heterocycles. The van der Waals surface area contributed by atoms with E-state index < -0.39 is 5.97 Å². The molecule has 0 spiro atoms. The van der Waals surface area contributed by atoms with E-state index in [1.807, 2.05) is 19.1 Å². The summed E-state index contributed by atoms with van der Waals surface area (Å²) in [6.07, 6.45) is 11.8. The summed E-state index contributed by atoms with van der Waals surface area (Å²) in [6.45, 7) is 7.63. The van der Waals surface area contributed by atoms with E-state index >= 15 is 0 Å². The van der Waals surface area contributed by atoms with Gasteiger partial charge in [-0.15, -0.1) is 0 Å². The normalized spacial score (nSPS) is 11.0. The van der Waals surface area contributed by atoms with Gasteiger partial charge >= 0.3 is 5.97 Å².